The van der Waals surface area contributed by atoms with Gasteiger partial charge in [0.05, 0.1) is 17.2 Å². The van der Waals surface area contributed by atoms with Gasteiger partial charge in [0.1, 0.15) is 11.3 Å². The Labute approximate surface area is 153 Å². The van der Waals surface area contributed by atoms with Gasteiger partial charge >= 0.3 is 5.97 Å². The first-order chi connectivity index (χ1) is 12.4. The summed E-state index contributed by atoms with van der Waals surface area (Å²) in [5.41, 5.74) is -0.362. The minimum atomic E-state index is -0.999. The minimum absolute atomic E-state index is 0.110. The number of nitro benzene ring substituents is 1. The molecule has 0 unspecified atom stereocenters. The van der Waals surface area contributed by atoms with Crippen LogP contribution < -0.4 is 10.1 Å². The molecule has 1 N–H and O–H groups in total. The third-order valence-corrected chi connectivity index (χ3v) is 3.41. The van der Waals surface area contributed by atoms with E-state index in [1.54, 1.807) is 31.2 Å². The maximum Gasteiger partial charge on any atom is 0.345 e. The number of halogens is 1. The predicted octanol–water partition coefficient (Wildman–Crippen LogP) is 3.44. The van der Waals surface area contributed by atoms with Gasteiger partial charge < -0.3 is 14.8 Å². The number of esters is 1. The molecular weight excluding hydrogens is 364 g/mol. The van der Waals surface area contributed by atoms with E-state index in [4.69, 9.17) is 21.1 Å². The van der Waals surface area contributed by atoms with Crippen LogP contribution in [0, 0.1) is 10.1 Å². The average Bonchev–Trinajstić information content (AvgIpc) is 2.61. The van der Waals surface area contributed by atoms with Gasteiger partial charge in [-0.2, -0.15) is 0 Å². The molecule has 0 saturated heterocycles. The number of benzene rings is 2. The van der Waals surface area contributed by atoms with Crippen LogP contribution in [0.4, 0.5) is 11.4 Å². The third-order valence-electron chi connectivity index (χ3n) is 3.17. The number of nitrogens with one attached hydrogen (secondary N) is 1. The Kier molecular flexibility index (Phi) is 6.51. The second-order valence-electron chi connectivity index (χ2n) is 4.97. The predicted molar refractivity (Wildman–Crippen MR) is 94.6 cm³/mol. The Balaban J connectivity index is 2.02. The highest BCUT2D eigenvalue weighted by Gasteiger charge is 2.22. The second-order valence-corrected chi connectivity index (χ2v) is 5.41. The zero-order valence-corrected chi connectivity index (χ0v) is 14.5. The number of nitrogens with zero attached hydrogens (tertiary/aromatic N) is 1. The highest BCUT2D eigenvalue weighted by molar-refractivity contribution is 6.31. The molecular formula is C17H15ClN2O6. The lowest BCUT2D eigenvalue weighted by Crippen LogP contribution is -2.21. The third kappa shape index (κ3) is 4.93. The van der Waals surface area contributed by atoms with Crippen LogP contribution in [0.1, 0.15) is 17.3 Å². The van der Waals surface area contributed by atoms with Crippen LogP contribution in [0.15, 0.2) is 42.5 Å². The molecule has 0 saturated carbocycles. The van der Waals surface area contributed by atoms with Crippen molar-refractivity contribution >= 4 is 34.9 Å². The van der Waals surface area contributed by atoms with Gasteiger partial charge in [0.2, 0.25) is 0 Å². The number of carbonyl (C=O) groups excluding carboxylic acids is 2. The SMILES string of the molecule is CCOc1ccccc1NC(=O)COC(=O)c1ccc(Cl)cc1[N+](=O)[O-]. The summed E-state index contributed by atoms with van der Waals surface area (Å²) >= 11 is 5.69. The number of hydrogen-bond acceptors (Lipinski definition) is 6. The average molecular weight is 379 g/mol. The summed E-state index contributed by atoms with van der Waals surface area (Å²) < 4.78 is 10.2. The number of nitro groups is 1. The van der Waals surface area contributed by atoms with Crippen molar-refractivity contribution in [2.45, 2.75) is 6.92 Å². The van der Waals surface area contributed by atoms with E-state index in [-0.39, 0.29) is 10.6 Å². The van der Waals surface area contributed by atoms with Crippen molar-refractivity contribution in [3.8, 4) is 5.75 Å². The van der Waals surface area contributed by atoms with E-state index in [1.165, 1.54) is 12.1 Å². The number of ether oxygens (including phenoxy) is 2. The van der Waals surface area contributed by atoms with Crippen LogP contribution in [-0.4, -0.2) is 30.0 Å². The van der Waals surface area contributed by atoms with Gasteiger partial charge in [-0.25, -0.2) is 4.79 Å². The molecule has 0 heterocycles. The van der Waals surface area contributed by atoms with E-state index < -0.39 is 29.1 Å². The van der Waals surface area contributed by atoms with E-state index >= 15 is 0 Å². The number of anilines is 1. The standard InChI is InChI=1S/C17H15ClN2O6/c1-2-25-15-6-4-3-5-13(15)19-16(21)10-26-17(22)12-8-7-11(18)9-14(12)20(23)24/h3-9H,2,10H2,1H3,(H,19,21). The van der Waals surface area contributed by atoms with Crippen molar-refractivity contribution in [2.75, 3.05) is 18.5 Å². The summed E-state index contributed by atoms with van der Waals surface area (Å²) in [7, 11) is 0. The molecule has 0 aliphatic rings. The Bertz CT molecular complexity index is 840. The maximum atomic E-state index is 12.0. The Morgan fingerprint density at radius 1 is 1.23 bits per heavy atom. The first-order valence-electron chi connectivity index (χ1n) is 7.55. The van der Waals surface area contributed by atoms with Crippen LogP contribution >= 0.6 is 11.6 Å². The topological polar surface area (TPSA) is 108 Å². The molecule has 0 radical (unpaired) electrons. The number of rotatable bonds is 7. The summed E-state index contributed by atoms with van der Waals surface area (Å²) in [5.74, 6) is -1.13. The van der Waals surface area contributed by atoms with Crippen LogP contribution in [-0.2, 0) is 9.53 Å². The van der Waals surface area contributed by atoms with Crippen molar-refractivity contribution in [2.24, 2.45) is 0 Å². The molecule has 0 fully saturated rings. The summed E-state index contributed by atoms with van der Waals surface area (Å²) in [6.07, 6.45) is 0. The van der Waals surface area contributed by atoms with E-state index in [1.807, 2.05) is 0 Å². The molecule has 9 heteroatoms. The van der Waals surface area contributed by atoms with Crippen LogP contribution in [0.3, 0.4) is 0 Å². The lowest BCUT2D eigenvalue weighted by Gasteiger charge is -2.11. The Hall–Kier alpha value is -3.13. The van der Waals surface area contributed by atoms with E-state index in [0.29, 0.717) is 18.0 Å². The molecule has 136 valence electrons. The van der Waals surface area contributed by atoms with Gasteiger partial charge in [-0.3, -0.25) is 14.9 Å². The van der Waals surface area contributed by atoms with Gasteiger partial charge in [0.25, 0.3) is 11.6 Å². The monoisotopic (exact) mass is 378 g/mol. The lowest BCUT2D eigenvalue weighted by molar-refractivity contribution is -0.385. The van der Waals surface area contributed by atoms with Crippen molar-refractivity contribution < 1.29 is 24.0 Å². The van der Waals surface area contributed by atoms with Crippen LogP contribution in [0.5, 0.6) is 5.75 Å². The fraction of sp³-hybridized carbons (Fsp3) is 0.176. The van der Waals surface area contributed by atoms with Crippen molar-refractivity contribution in [1.29, 1.82) is 0 Å². The Morgan fingerprint density at radius 2 is 1.96 bits per heavy atom. The molecule has 26 heavy (non-hydrogen) atoms. The molecule has 0 aliphatic heterocycles. The van der Waals surface area contributed by atoms with Crippen molar-refractivity contribution in [1.82, 2.24) is 0 Å². The van der Waals surface area contributed by atoms with Crippen molar-refractivity contribution in [3.05, 3.63) is 63.2 Å². The Morgan fingerprint density at radius 3 is 2.65 bits per heavy atom. The smallest absolute Gasteiger partial charge is 0.345 e. The molecule has 0 aliphatic carbocycles. The summed E-state index contributed by atoms with van der Waals surface area (Å²) in [6.45, 7) is 1.61. The highest BCUT2D eigenvalue weighted by Crippen LogP contribution is 2.25. The molecule has 0 atom stereocenters. The fourth-order valence-corrected chi connectivity index (χ4v) is 2.24. The highest BCUT2D eigenvalue weighted by atomic mass is 35.5. The molecule has 0 spiro atoms. The zero-order valence-electron chi connectivity index (χ0n) is 13.7. The van der Waals surface area contributed by atoms with E-state index in [2.05, 4.69) is 5.32 Å². The maximum absolute atomic E-state index is 12.0. The quantitative estimate of drug-likeness (QED) is 0.449. The molecule has 8 nitrogen and oxygen atoms in total. The summed E-state index contributed by atoms with van der Waals surface area (Å²) in [5, 5.41) is 13.7. The van der Waals surface area contributed by atoms with Gasteiger partial charge in [0, 0.05) is 11.1 Å². The fourth-order valence-electron chi connectivity index (χ4n) is 2.07. The summed E-state index contributed by atoms with van der Waals surface area (Å²) in [4.78, 5) is 34.3. The molecule has 0 aromatic heterocycles. The van der Waals surface area contributed by atoms with Crippen molar-refractivity contribution in [3.63, 3.8) is 0 Å². The van der Waals surface area contributed by atoms with Crippen LogP contribution in [0.25, 0.3) is 0 Å². The normalized spacial score (nSPS) is 10.1. The lowest BCUT2D eigenvalue weighted by atomic mass is 10.2. The number of carbonyl (C=O) groups is 2. The van der Waals surface area contributed by atoms with Gasteiger partial charge in [-0.15, -0.1) is 0 Å². The van der Waals surface area contributed by atoms with Crippen LogP contribution in [0.2, 0.25) is 5.02 Å². The second kappa shape index (κ2) is 8.82. The zero-order chi connectivity index (χ0) is 19.1. The minimum Gasteiger partial charge on any atom is -0.492 e. The first-order valence-corrected chi connectivity index (χ1v) is 7.93. The van der Waals surface area contributed by atoms with Gasteiger partial charge in [-0.1, -0.05) is 23.7 Å². The first kappa shape index (κ1) is 19.2. The largest absolute Gasteiger partial charge is 0.492 e. The number of amides is 1. The van der Waals surface area contributed by atoms with E-state index in [9.17, 15) is 19.7 Å². The molecule has 0 bridgehead atoms. The van der Waals surface area contributed by atoms with Gasteiger partial charge in [-0.05, 0) is 31.2 Å². The number of para-hydroxylation sites is 2. The van der Waals surface area contributed by atoms with E-state index in [0.717, 1.165) is 6.07 Å². The van der Waals surface area contributed by atoms with Gasteiger partial charge in [0.15, 0.2) is 6.61 Å². The number of hydrogen-bond donors (Lipinski definition) is 1. The summed E-state index contributed by atoms with van der Waals surface area (Å²) in [6, 6.07) is 10.3. The molecule has 1 amide bonds. The molecule has 2 aromatic carbocycles. The molecule has 2 rings (SSSR count). The molecule has 2 aromatic rings.